The molecule has 0 unspecified atom stereocenters. The van der Waals surface area contributed by atoms with Gasteiger partial charge in [-0.25, -0.2) is 9.18 Å². The van der Waals surface area contributed by atoms with Crippen molar-refractivity contribution < 1.29 is 23.6 Å². The average molecular weight is 255 g/mol. The highest BCUT2D eigenvalue weighted by atomic mass is 19.1. The minimum atomic E-state index is -1.33. The lowest BCUT2D eigenvalue weighted by Gasteiger charge is -2.12. The molecule has 6 nitrogen and oxygen atoms in total. The van der Waals surface area contributed by atoms with Gasteiger partial charge in [0.15, 0.2) is 12.3 Å². The number of alkyl halides is 1. The van der Waals surface area contributed by atoms with Crippen molar-refractivity contribution in [1.82, 2.24) is 0 Å². The summed E-state index contributed by atoms with van der Waals surface area (Å²) >= 11 is 0. The second-order valence-corrected chi connectivity index (χ2v) is 3.80. The van der Waals surface area contributed by atoms with Crippen LogP contribution >= 0.6 is 0 Å². The summed E-state index contributed by atoms with van der Waals surface area (Å²) in [5, 5.41) is 10.4. The highest BCUT2D eigenvalue weighted by molar-refractivity contribution is 5.89. The Morgan fingerprint density at radius 3 is 2.56 bits per heavy atom. The Bertz CT molecular complexity index is 461. The van der Waals surface area contributed by atoms with Crippen molar-refractivity contribution in [2.45, 2.75) is 12.3 Å². The lowest BCUT2D eigenvalue weighted by molar-refractivity contribution is -0.384. The van der Waals surface area contributed by atoms with Crippen LogP contribution in [0.2, 0.25) is 0 Å². The van der Waals surface area contributed by atoms with Crippen LogP contribution in [-0.4, -0.2) is 36.4 Å². The monoisotopic (exact) mass is 255 g/mol. The van der Waals surface area contributed by atoms with E-state index in [9.17, 15) is 19.3 Å². The fraction of sp³-hybridized carbons (Fsp3) is 0.364. The van der Waals surface area contributed by atoms with E-state index >= 15 is 0 Å². The number of carbonyl (C=O) groups is 1. The van der Waals surface area contributed by atoms with E-state index in [1.54, 1.807) is 0 Å². The molecule has 0 aromatic heterocycles. The highest BCUT2D eigenvalue weighted by Gasteiger charge is 2.31. The Hall–Kier alpha value is -2.02. The number of carbonyl (C=O) groups excluding carboxylic acids is 1. The van der Waals surface area contributed by atoms with Crippen LogP contribution in [0.4, 0.5) is 10.1 Å². The van der Waals surface area contributed by atoms with Crippen LogP contribution in [0.15, 0.2) is 24.3 Å². The van der Waals surface area contributed by atoms with Gasteiger partial charge in [0.1, 0.15) is 0 Å². The minimum Gasteiger partial charge on any atom is -0.453 e. The van der Waals surface area contributed by atoms with Crippen molar-refractivity contribution in [2.75, 3.05) is 13.2 Å². The number of halogens is 1. The number of nitrogens with zero attached hydrogens (tertiary/aromatic N) is 1. The molecule has 0 radical (unpaired) electrons. The largest absolute Gasteiger partial charge is 0.453 e. The topological polar surface area (TPSA) is 78.7 Å². The highest BCUT2D eigenvalue weighted by Crippen LogP contribution is 2.17. The quantitative estimate of drug-likeness (QED) is 0.464. The summed E-state index contributed by atoms with van der Waals surface area (Å²) in [4.78, 5) is 21.5. The summed E-state index contributed by atoms with van der Waals surface area (Å²) in [6.45, 7) is -0.0574. The Morgan fingerprint density at radius 2 is 2.06 bits per heavy atom. The Balaban J connectivity index is 2.02. The smallest absolute Gasteiger partial charge is 0.338 e. The number of ether oxygens (including phenoxy) is 2. The van der Waals surface area contributed by atoms with Gasteiger partial charge in [-0.2, -0.15) is 0 Å². The summed E-state index contributed by atoms with van der Waals surface area (Å²) in [5.41, 5.74) is 0.0128. The predicted molar refractivity (Wildman–Crippen MR) is 58.0 cm³/mol. The number of nitro benzene ring substituents is 1. The third-order valence-corrected chi connectivity index (χ3v) is 2.53. The fourth-order valence-electron chi connectivity index (χ4n) is 1.54. The molecule has 0 spiro atoms. The van der Waals surface area contributed by atoms with Crippen LogP contribution in [0.1, 0.15) is 10.4 Å². The molecule has 0 saturated carbocycles. The van der Waals surface area contributed by atoms with Crippen molar-refractivity contribution in [3.8, 4) is 0 Å². The molecule has 0 amide bonds. The van der Waals surface area contributed by atoms with Gasteiger partial charge in [0, 0.05) is 12.1 Å². The van der Waals surface area contributed by atoms with E-state index in [4.69, 9.17) is 9.47 Å². The van der Waals surface area contributed by atoms with Gasteiger partial charge in [-0.3, -0.25) is 10.1 Å². The van der Waals surface area contributed by atoms with Gasteiger partial charge in [-0.1, -0.05) is 0 Å². The molecule has 1 aliphatic heterocycles. The van der Waals surface area contributed by atoms with Crippen LogP contribution in [0.25, 0.3) is 0 Å². The van der Waals surface area contributed by atoms with Crippen molar-refractivity contribution in [2.24, 2.45) is 0 Å². The van der Waals surface area contributed by atoms with Crippen LogP contribution in [0, 0.1) is 10.1 Å². The molecule has 0 N–H and O–H groups in total. The maximum Gasteiger partial charge on any atom is 0.338 e. The second kappa shape index (κ2) is 5.09. The lowest BCUT2D eigenvalue weighted by atomic mass is 10.2. The Labute approximate surface area is 101 Å². The van der Waals surface area contributed by atoms with Crippen molar-refractivity contribution >= 4 is 11.7 Å². The fourth-order valence-corrected chi connectivity index (χ4v) is 1.54. The van der Waals surface area contributed by atoms with Gasteiger partial charge in [0.2, 0.25) is 0 Å². The zero-order chi connectivity index (χ0) is 13.1. The number of rotatable bonds is 3. The molecule has 1 aromatic rings. The number of benzene rings is 1. The number of non-ortho nitro benzene ring substituents is 1. The van der Waals surface area contributed by atoms with Crippen LogP contribution < -0.4 is 0 Å². The van der Waals surface area contributed by atoms with E-state index in [-0.39, 0.29) is 24.5 Å². The van der Waals surface area contributed by atoms with Gasteiger partial charge < -0.3 is 9.47 Å². The average Bonchev–Trinajstić information content (AvgIpc) is 2.75. The van der Waals surface area contributed by atoms with E-state index in [0.717, 1.165) is 0 Å². The molecule has 1 heterocycles. The zero-order valence-corrected chi connectivity index (χ0v) is 9.24. The van der Waals surface area contributed by atoms with Crippen LogP contribution in [0.3, 0.4) is 0 Å². The van der Waals surface area contributed by atoms with Crippen LogP contribution in [-0.2, 0) is 9.47 Å². The van der Waals surface area contributed by atoms with Crippen LogP contribution in [0.5, 0.6) is 0 Å². The zero-order valence-electron chi connectivity index (χ0n) is 9.24. The molecule has 96 valence electrons. The summed E-state index contributed by atoms with van der Waals surface area (Å²) in [6.07, 6.45) is -2.24. The first-order valence-corrected chi connectivity index (χ1v) is 5.25. The number of esters is 1. The van der Waals surface area contributed by atoms with Crippen molar-refractivity contribution in [1.29, 1.82) is 0 Å². The molecule has 1 aliphatic rings. The SMILES string of the molecule is O=C(O[C@H]1COC[C@H]1F)c1ccc([N+](=O)[O-])cc1. The third-order valence-electron chi connectivity index (χ3n) is 2.53. The number of hydrogen-bond acceptors (Lipinski definition) is 5. The standard InChI is InChI=1S/C11H10FNO5/c12-9-5-17-6-10(9)18-11(14)7-1-3-8(4-2-7)13(15)16/h1-4,9-10H,5-6H2/t9-,10+/m1/s1. The van der Waals surface area contributed by atoms with E-state index in [0.29, 0.717) is 0 Å². The molecule has 18 heavy (non-hydrogen) atoms. The Morgan fingerprint density at radius 1 is 1.39 bits per heavy atom. The first-order chi connectivity index (χ1) is 8.58. The first-order valence-electron chi connectivity index (χ1n) is 5.25. The van der Waals surface area contributed by atoms with E-state index < -0.39 is 23.2 Å². The molecule has 0 aliphatic carbocycles. The predicted octanol–water partition coefficient (Wildman–Crippen LogP) is 1.49. The van der Waals surface area contributed by atoms with Crippen molar-refractivity contribution in [3.63, 3.8) is 0 Å². The van der Waals surface area contributed by atoms with Crippen molar-refractivity contribution in [3.05, 3.63) is 39.9 Å². The lowest BCUT2D eigenvalue weighted by Crippen LogP contribution is -2.26. The normalized spacial score (nSPS) is 22.7. The second-order valence-electron chi connectivity index (χ2n) is 3.80. The molecule has 2 rings (SSSR count). The van der Waals surface area contributed by atoms with Gasteiger partial charge in [0.05, 0.1) is 23.7 Å². The molecule has 1 aromatic carbocycles. The van der Waals surface area contributed by atoms with Gasteiger partial charge in [-0.05, 0) is 12.1 Å². The summed E-state index contributed by atoms with van der Waals surface area (Å²) in [5.74, 6) is -0.719. The summed E-state index contributed by atoms with van der Waals surface area (Å²) in [6, 6.07) is 4.91. The molecular formula is C11H10FNO5. The molecule has 2 atom stereocenters. The molecule has 1 fully saturated rings. The first kappa shape index (κ1) is 12.4. The third kappa shape index (κ3) is 2.62. The maximum atomic E-state index is 13.1. The van der Waals surface area contributed by atoms with Gasteiger partial charge in [0.25, 0.3) is 5.69 Å². The Kier molecular flexibility index (Phi) is 3.52. The number of hydrogen-bond donors (Lipinski definition) is 0. The van der Waals surface area contributed by atoms with E-state index in [2.05, 4.69) is 0 Å². The molecular weight excluding hydrogens is 245 g/mol. The van der Waals surface area contributed by atoms with Gasteiger partial charge in [-0.15, -0.1) is 0 Å². The summed E-state index contributed by atoms with van der Waals surface area (Å²) < 4.78 is 22.9. The van der Waals surface area contributed by atoms with Gasteiger partial charge >= 0.3 is 5.97 Å². The maximum absolute atomic E-state index is 13.1. The summed E-state index contributed by atoms with van der Waals surface area (Å²) in [7, 11) is 0. The van der Waals surface area contributed by atoms with E-state index in [1.807, 2.05) is 0 Å². The molecule has 7 heteroatoms. The molecule has 0 bridgehead atoms. The number of nitro groups is 1. The molecule has 1 saturated heterocycles. The minimum absolute atomic E-state index is 0.0277. The van der Waals surface area contributed by atoms with E-state index in [1.165, 1.54) is 24.3 Å².